The van der Waals surface area contributed by atoms with Crippen molar-refractivity contribution in [2.75, 3.05) is 33.4 Å². The molecule has 1 aromatic heterocycles. The van der Waals surface area contributed by atoms with E-state index in [0.717, 1.165) is 18.8 Å². The number of rotatable bonds is 8. The number of ether oxygens (including phenoxy) is 2. The Hall–Kier alpha value is -3.25. The van der Waals surface area contributed by atoms with Crippen LogP contribution in [0.2, 0.25) is 0 Å². The van der Waals surface area contributed by atoms with Crippen molar-refractivity contribution in [3.05, 3.63) is 71.2 Å². The molecule has 0 radical (unpaired) electrons. The van der Waals surface area contributed by atoms with Crippen LogP contribution >= 0.6 is 0 Å². The number of aromatic amines is 1. The standard InChI is InChI=1S/C22H22N2O4/c1-24(11-13-26-18-10-9-16-5-2-3-6-17(16)15-18)12-14-27-20-8-4-7-19-21(20)28-22(25)23-19/h2-10,15H,11-14H2,1H3,(H,23,25). The fourth-order valence-electron chi connectivity index (χ4n) is 3.06. The molecule has 3 aromatic carbocycles. The number of para-hydroxylation sites is 1. The van der Waals surface area contributed by atoms with Crippen LogP contribution in [-0.2, 0) is 0 Å². The van der Waals surface area contributed by atoms with Crippen LogP contribution in [0, 0.1) is 0 Å². The molecular formula is C22H22N2O4. The third-order valence-electron chi connectivity index (χ3n) is 4.60. The quantitative estimate of drug-likeness (QED) is 0.507. The van der Waals surface area contributed by atoms with Crippen molar-refractivity contribution < 1.29 is 13.9 Å². The molecule has 0 atom stereocenters. The minimum Gasteiger partial charge on any atom is -0.492 e. The highest BCUT2D eigenvalue weighted by Crippen LogP contribution is 2.23. The van der Waals surface area contributed by atoms with Gasteiger partial charge in [0, 0.05) is 13.1 Å². The van der Waals surface area contributed by atoms with Gasteiger partial charge in [0.1, 0.15) is 19.0 Å². The average molecular weight is 378 g/mol. The molecule has 0 aliphatic carbocycles. The van der Waals surface area contributed by atoms with Crippen molar-refractivity contribution in [3.8, 4) is 11.5 Å². The van der Waals surface area contributed by atoms with E-state index in [4.69, 9.17) is 13.9 Å². The Labute approximate surface area is 162 Å². The molecule has 0 saturated carbocycles. The van der Waals surface area contributed by atoms with Gasteiger partial charge < -0.3 is 13.9 Å². The van der Waals surface area contributed by atoms with E-state index in [1.165, 1.54) is 10.8 Å². The lowest BCUT2D eigenvalue weighted by Gasteiger charge is -2.17. The van der Waals surface area contributed by atoms with Crippen molar-refractivity contribution in [2.45, 2.75) is 0 Å². The number of hydrogen-bond donors (Lipinski definition) is 1. The van der Waals surface area contributed by atoms with Gasteiger partial charge in [0.15, 0.2) is 11.3 Å². The molecule has 0 amide bonds. The summed E-state index contributed by atoms with van der Waals surface area (Å²) in [5.74, 6) is 0.961. The maximum absolute atomic E-state index is 11.3. The molecule has 0 bridgehead atoms. The first-order valence-corrected chi connectivity index (χ1v) is 9.24. The van der Waals surface area contributed by atoms with Crippen LogP contribution in [0.3, 0.4) is 0 Å². The van der Waals surface area contributed by atoms with Gasteiger partial charge >= 0.3 is 5.76 Å². The number of H-pyrrole nitrogens is 1. The largest absolute Gasteiger partial charge is 0.492 e. The molecule has 28 heavy (non-hydrogen) atoms. The molecule has 4 rings (SSSR count). The Morgan fingerprint density at radius 1 is 0.929 bits per heavy atom. The maximum atomic E-state index is 11.3. The van der Waals surface area contributed by atoms with Gasteiger partial charge in [-0.25, -0.2) is 4.79 Å². The Kier molecular flexibility index (Phi) is 5.30. The first-order valence-electron chi connectivity index (χ1n) is 9.24. The number of benzene rings is 3. The summed E-state index contributed by atoms with van der Waals surface area (Å²) < 4.78 is 16.8. The third kappa shape index (κ3) is 4.18. The summed E-state index contributed by atoms with van der Waals surface area (Å²) >= 11 is 0. The molecule has 1 heterocycles. The molecule has 144 valence electrons. The van der Waals surface area contributed by atoms with Crippen LogP contribution in [0.1, 0.15) is 0 Å². The van der Waals surface area contributed by atoms with Gasteiger partial charge in [0.2, 0.25) is 0 Å². The normalized spacial score (nSPS) is 11.4. The van der Waals surface area contributed by atoms with Crippen LogP contribution < -0.4 is 15.2 Å². The molecule has 6 heteroatoms. The first-order chi connectivity index (χ1) is 13.7. The first kappa shape index (κ1) is 18.1. The second kappa shape index (κ2) is 8.19. The van der Waals surface area contributed by atoms with Crippen molar-refractivity contribution >= 4 is 21.9 Å². The van der Waals surface area contributed by atoms with Crippen LogP contribution in [0.5, 0.6) is 11.5 Å². The van der Waals surface area contributed by atoms with Crippen molar-refractivity contribution in [2.24, 2.45) is 0 Å². The van der Waals surface area contributed by atoms with E-state index in [1.54, 1.807) is 12.1 Å². The Bertz CT molecular complexity index is 1130. The molecule has 0 spiro atoms. The monoisotopic (exact) mass is 378 g/mol. The molecule has 0 saturated heterocycles. The average Bonchev–Trinajstić information content (AvgIpc) is 3.09. The molecule has 6 nitrogen and oxygen atoms in total. The van der Waals surface area contributed by atoms with E-state index in [2.05, 4.69) is 34.1 Å². The Morgan fingerprint density at radius 3 is 2.57 bits per heavy atom. The van der Waals surface area contributed by atoms with E-state index < -0.39 is 5.76 Å². The minimum absolute atomic E-state index is 0.454. The molecule has 4 aromatic rings. The summed E-state index contributed by atoms with van der Waals surface area (Å²) in [6, 6.07) is 19.8. The van der Waals surface area contributed by atoms with Gasteiger partial charge in [-0.3, -0.25) is 9.88 Å². The molecule has 1 N–H and O–H groups in total. The second-order valence-electron chi connectivity index (χ2n) is 6.66. The van der Waals surface area contributed by atoms with Gasteiger partial charge in [-0.1, -0.05) is 36.4 Å². The van der Waals surface area contributed by atoms with Crippen molar-refractivity contribution in [1.82, 2.24) is 9.88 Å². The zero-order chi connectivity index (χ0) is 19.3. The molecular weight excluding hydrogens is 356 g/mol. The van der Waals surface area contributed by atoms with E-state index in [0.29, 0.717) is 30.1 Å². The minimum atomic E-state index is -0.478. The fourth-order valence-corrected chi connectivity index (χ4v) is 3.06. The van der Waals surface area contributed by atoms with Crippen LogP contribution in [0.15, 0.2) is 69.9 Å². The number of fused-ring (bicyclic) bond motifs is 2. The van der Waals surface area contributed by atoms with Crippen LogP contribution in [-0.4, -0.2) is 43.2 Å². The summed E-state index contributed by atoms with van der Waals surface area (Å²) in [6.07, 6.45) is 0. The Balaban J connectivity index is 1.24. The summed E-state index contributed by atoms with van der Waals surface area (Å²) in [7, 11) is 2.02. The summed E-state index contributed by atoms with van der Waals surface area (Å²) in [6.45, 7) is 2.59. The third-order valence-corrected chi connectivity index (χ3v) is 4.60. The highest BCUT2D eigenvalue weighted by atomic mass is 16.5. The van der Waals surface area contributed by atoms with Crippen molar-refractivity contribution in [3.63, 3.8) is 0 Å². The number of nitrogens with one attached hydrogen (secondary N) is 1. The van der Waals surface area contributed by atoms with Gasteiger partial charge in [-0.05, 0) is 42.1 Å². The summed E-state index contributed by atoms with van der Waals surface area (Å²) in [5, 5.41) is 2.38. The predicted octanol–water partition coefficient (Wildman–Crippen LogP) is 3.66. The zero-order valence-electron chi connectivity index (χ0n) is 15.7. The number of hydrogen-bond acceptors (Lipinski definition) is 5. The number of oxazole rings is 1. The van der Waals surface area contributed by atoms with Gasteiger partial charge in [-0.2, -0.15) is 0 Å². The van der Waals surface area contributed by atoms with Crippen molar-refractivity contribution in [1.29, 1.82) is 0 Å². The second-order valence-corrected chi connectivity index (χ2v) is 6.66. The van der Waals surface area contributed by atoms with E-state index in [-0.39, 0.29) is 0 Å². The number of aromatic nitrogens is 1. The smallest absolute Gasteiger partial charge is 0.417 e. The molecule has 0 aliphatic heterocycles. The van der Waals surface area contributed by atoms with Gasteiger partial charge in [-0.15, -0.1) is 0 Å². The van der Waals surface area contributed by atoms with E-state index in [1.807, 2.05) is 31.3 Å². The van der Waals surface area contributed by atoms with Crippen LogP contribution in [0.25, 0.3) is 21.9 Å². The lowest BCUT2D eigenvalue weighted by Crippen LogP contribution is -2.28. The predicted molar refractivity (Wildman–Crippen MR) is 109 cm³/mol. The highest BCUT2D eigenvalue weighted by molar-refractivity contribution is 5.83. The lowest BCUT2D eigenvalue weighted by molar-refractivity contribution is 0.202. The highest BCUT2D eigenvalue weighted by Gasteiger charge is 2.08. The summed E-state index contributed by atoms with van der Waals surface area (Å²) in [5.41, 5.74) is 1.09. The molecule has 0 unspecified atom stereocenters. The number of nitrogens with zero attached hydrogens (tertiary/aromatic N) is 1. The fraction of sp³-hybridized carbons (Fsp3) is 0.227. The SMILES string of the molecule is CN(CCOc1ccc2ccccc2c1)CCOc1cccc2[nH]c(=O)oc12. The van der Waals surface area contributed by atoms with E-state index >= 15 is 0 Å². The zero-order valence-corrected chi connectivity index (χ0v) is 15.7. The topological polar surface area (TPSA) is 67.7 Å². The van der Waals surface area contributed by atoms with Gasteiger partial charge in [0.25, 0.3) is 0 Å². The lowest BCUT2D eigenvalue weighted by atomic mass is 10.1. The molecule has 0 aliphatic rings. The summed E-state index contributed by atoms with van der Waals surface area (Å²) in [4.78, 5) is 16.1. The van der Waals surface area contributed by atoms with Crippen LogP contribution in [0.4, 0.5) is 0 Å². The van der Waals surface area contributed by atoms with Gasteiger partial charge in [0.05, 0.1) is 5.52 Å². The number of likely N-dealkylation sites (N-methyl/N-ethyl adjacent to an activating group) is 1. The maximum Gasteiger partial charge on any atom is 0.417 e. The van der Waals surface area contributed by atoms with E-state index in [9.17, 15) is 4.79 Å². The Morgan fingerprint density at radius 2 is 1.71 bits per heavy atom. The molecule has 0 fully saturated rings.